The molecule has 0 aliphatic rings. The molecule has 0 spiro atoms. The lowest BCUT2D eigenvalue weighted by Crippen LogP contribution is -1.92. The largest absolute Gasteiger partial charge is 0.456 e. The summed E-state index contributed by atoms with van der Waals surface area (Å²) in [6.07, 6.45) is 0. The molecule has 3 nitrogen and oxygen atoms in total. The molecule has 8 rings (SSSR count). The van der Waals surface area contributed by atoms with Gasteiger partial charge in [0.2, 0.25) is 0 Å². The lowest BCUT2D eigenvalue weighted by atomic mass is 9.85. The molecule has 2 heterocycles. The Bertz CT molecular complexity index is 2140. The standard InChI is InChI=1S/C35H23NO2/c1-20-32(21(2)38-36-20)35-27-13-7-5-11-25(27)33(26-12-6-8-14-28(26)35)23-15-17-29-31(19-23)37-30-18-16-22-9-3-4-10-24(22)34(29)30/h3-19H,1-2H3. The quantitative estimate of drug-likeness (QED) is 0.227. The van der Waals surface area contributed by atoms with Crippen molar-refractivity contribution in [2.24, 2.45) is 0 Å². The highest BCUT2D eigenvalue weighted by atomic mass is 16.5. The molecule has 0 saturated carbocycles. The lowest BCUT2D eigenvalue weighted by molar-refractivity contribution is 0.393. The molecule has 2 aromatic heterocycles. The maximum Gasteiger partial charge on any atom is 0.141 e. The smallest absolute Gasteiger partial charge is 0.141 e. The predicted molar refractivity (Wildman–Crippen MR) is 157 cm³/mol. The zero-order valence-corrected chi connectivity index (χ0v) is 21.1. The molecular formula is C35H23NO2. The van der Waals surface area contributed by atoms with Crippen LogP contribution in [-0.4, -0.2) is 5.16 Å². The van der Waals surface area contributed by atoms with Crippen molar-refractivity contribution in [1.82, 2.24) is 5.16 Å². The molecule has 0 aliphatic carbocycles. The van der Waals surface area contributed by atoms with E-state index in [1.807, 2.05) is 13.8 Å². The van der Waals surface area contributed by atoms with Crippen LogP contribution in [0.15, 0.2) is 112 Å². The first-order valence-electron chi connectivity index (χ1n) is 12.9. The second-order valence-corrected chi connectivity index (χ2v) is 10.0. The zero-order chi connectivity index (χ0) is 25.4. The molecule has 180 valence electrons. The number of benzene rings is 6. The van der Waals surface area contributed by atoms with Gasteiger partial charge < -0.3 is 8.94 Å². The van der Waals surface area contributed by atoms with E-state index in [0.29, 0.717) is 0 Å². The lowest BCUT2D eigenvalue weighted by Gasteiger charge is -2.17. The number of fused-ring (bicyclic) bond motifs is 7. The zero-order valence-electron chi connectivity index (χ0n) is 21.1. The Labute approximate surface area is 218 Å². The fraction of sp³-hybridized carbons (Fsp3) is 0.0571. The second kappa shape index (κ2) is 7.80. The Balaban J connectivity index is 1.48. The summed E-state index contributed by atoms with van der Waals surface area (Å²) in [5, 5.41) is 13.8. The Morgan fingerprint density at radius 3 is 1.82 bits per heavy atom. The molecule has 0 bridgehead atoms. The molecule has 0 saturated heterocycles. The number of aryl methyl sites for hydroxylation is 2. The van der Waals surface area contributed by atoms with E-state index in [9.17, 15) is 0 Å². The maximum atomic E-state index is 6.44. The van der Waals surface area contributed by atoms with E-state index >= 15 is 0 Å². The van der Waals surface area contributed by atoms with Crippen LogP contribution >= 0.6 is 0 Å². The number of furan rings is 1. The van der Waals surface area contributed by atoms with Crippen LogP contribution < -0.4 is 0 Å². The fourth-order valence-electron chi connectivity index (χ4n) is 6.25. The van der Waals surface area contributed by atoms with Crippen LogP contribution in [-0.2, 0) is 0 Å². The van der Waals surface area contributed by atoms with Crippen LogP contribution in [0.25, 0.3) is 76.5 Å². The fourth-order valence-corrected chi connectivity index (χ4v) is 6.25. The van der Waals surface area contributed by atoms with E-state index in [2.05, 4.69) is 108 Å². The third kappa shape index (κ3) is 2.87. The molecule has 0 fully saturated rings. The van der Waals surface area contributed by atoms with E-state index in [4.69, 9.17) is 8.94 Å². The van der Waals surface area contributed by atoms with Gasteiger partial charge in [-0.15, -0.1) is 0 Å². The molecule has 0 amide bonds. The van der Waals surface area contributed by atoms with Crippen LogP contribution in [0, 0.1) is 13.8 Å². The first-order valence-corrected chi connectivity index (χ1v) is 12.9. The van der Waals surface area contributed by atoms with Gasteiger partial charge in [-0.2, -0.15) is 0 Å². The third-order valence-corrected chi connectivity index (χ3v) is 7.87. The highest BCUT2D eigenvalue weighted by Gasteiger charge is 2.21. The number of rotatable bonds is 2. The predicted octanol–water partition coefficient (Wildman–Crippen LogP) is 9.98. The summed E-state index contributed by atoms with van der Waals surface area (Å²) < 4.78 is 12.0. The Morgan fingerprint density at radius 2 is 1.16 bits per heavy atom. The number of hydrogen-bond donors (Lipinski definition) is 0. The van der Waals surface area contributed by atoms with Crippen LogP contribution in [0.5, 0.6) is 0 Å². The van der Waals surface area contributed by atoms with Crippen molar-refractivity contribution in [3.05, 3.63) is 115 Å². The summed E-state index contributed by atoms with van der Waals surface area (Å²) in [7, 11) is 0. The van der Waals surface area contributed by atoms with E-state index in [0.717, 1.165) is 39.1 Å². The van der Waals surface area contributed by atoms with E-state index in [1.165, 1.54) is 48.8 Å². The van der Waals surface area contributed by atoms with Crippen molar-refractivity contribution in [1.29, 1.82) is 0 Å². The van der Waals surface area contributed by atoms with Gasteiger partial charge in [0.05, 0.1) is 5.69 Å². The van der Waals surface area contributed by atoms with E-state index < -0.39 is 0 Å². The molecule has 3 heteroatoms. The molecule has 6 aromatic carbocycles. The Morgan fingerprint density at radius 1 is 0.526 bits per heavy atom. The molecule has 8 aromatic rings. The molecule has 0 unspecified atom stereocenters. The van der Waals surface area contributed by atoms with Crippen LogP contribution in [0.3, 0.4) is 0 Å². The van der Waals surface area contributed by atoms with Crippen molar-refractivity contribution in [3.63, 3.8) is 0 Å². The van der Waals surface area contributed by atoms with Gasteiger partial charge in [0.15, 0.2) is 0 Å². The Kier molecular flexibility index (Phi) is 4.36. The van der Waals surface area contributed by atoms with Crippen LogP contribution in [0.4, 0.5) is 0 Å². The van der Waals surface area contributed by atoms with Crippen molar-refractivity contribution >= 4 is 54.3 Å². The highest BCUT2D eigenvalue weighted by Crippen LogP contribution is 2.46. The van der Waals surface area contributed by atoms with Gasteiger partial charge in [0, 0.05) is 21.9 Å². The van der Waals surface area contributed by atoms with Crippen molar-refractivity contribution in [2.75, 3.05) is 0 Å². The Hall–Kier alpha value is -4.89. The van der Waals surface area contributed by atoms with E-state index in [1.54, 1.807) is 0 Å². The van der Waals surface area contributed by atoms with E-state index in [-0.39, 0.29) is 0 Å². The summed E-state index contributed by atoms with van der Waals surface area (Å²) in [6, 6.07) is 36.7. The minimum atomic E-state index is 0.835. The molecular weight excluding hydrogens is 466 g/mol. The summed E-state index contributed by atoms with van der Waals surface area (Å²) in [6.45, 7) is 4.01. The number of nitrogens with zero attached hydrogens (tertiary/aromatic N) is 1. The normalized spacial score (nSPS) is 11.9. The van der Waals surface area contributed by atoms with Gasteiger partial charge in [0.25, 0.3) is 0 Å². The minimum Gasteiger partial charge on any atom is -0.456 e. The summed E-state index contributed by atoms with van der Waals surface area (Å²) in [5.74, 6) is 0.835. The maximum absolute atomic E-state index is 6.44. The monoisotopic (exact) mass is 489 g/mol. The van der Waals surface area contributed by atoms with Crippen molar-refractivity contribution in [3.8, 4) is 22.3 Å². The average Bonchev–Trinajstić information content (AvgIpc) is 3.50. The van der Waals surface area contributed by atoms with Gasteiger partial charge in [-0.05, 0) is 75.5 Å². The first-order chi connectivity index (χ1) is 18.7. The van der Waals surface area contributed by atoms with Gasteiger partial charge in [-0.25, -0.2) is 0 Å². The van der Waals surface area contributed by atoms with Crippen molar-refractivity contribution in [2.45, 2.75) is 13.8 Å². The van der Waals surface area contributed by atoms with Crippen molar-refractivity contribution < 1.29 is 8.94 Å². The van der Waals surface area contributed by atoms with Gasteiger partial charge in [-0.1, -0.05) is 90.1 Å². The topological polar surface area (TPSA) is 39.2 Å². The summed E-state index contributed by atoms with van der Waals surface area (Å²) >= 11 is 0. The van der Waals surface area contributed by atoms with Gasteiger partial charge >= 0.3 is 0 Å². The molecule has 0 N–H and O–H groups in total. The molecule has 0 aliphatic heterocycles. The number of hydrogen-bond acceptors (Lipinski definition) is 3. The number of aromatic nitrogens is 1. The van der Waals surface area contributed by atoms with Crippen LogP contribution in [0.1, 0.15) is 11.5 Å². The summed E-state index contributed by atoms with van der Waals surface area (Å²) in [4.78, 5) is 0. The van der Waals surface area contributed by atoms with Gasteiger partial charge in [-0.3, -0.25) is 0 Å². The highest BCUT2D eigenvalue weighted by molar-refractivity contribution is 6.23. The third-order valence-electron chi connectivity index (χ3n) is 7.87. The molecule has 0 radical (unpaired) electrons. The second-order valence-electron chi connectivity index (χ2n) is 10.0. The van der Waals surface area contributed by atoms with Crippen LogP contribution in [0.2, 0.25) is 0 Å². The SMILES string of the molecule is Cc1noc(C)c1-c1c2ccccc2c(-c2ccc3c(c2)oc2ccc4ccccc4c23)c2ccccc12. The first kappa shape index (κ1) is 21.2. The minimum absolute atomic E-state index is 0.835. The van der Waals surface area contributed by atoms with Gasteiger partial charge in [0.1, 0.15) is 16.9 Å². The molecule has 0 atom stereocenters. The average molecular weight is 490 g/mol. The summed E-state index contributed by atoms with van der Waals surface area (Å²) in [5.41, 5.74) is 7.31. The molecule has 38 heavy (non-hydrogen) atoms.